The van der Waals surface area contributed by atoms with Crippen LogP contribution in [0.15, 0.2) is 36.5 Å². The van der Waals surface area contributed by atoms with Crippen LogP contribution in [0.5, 0.6) is 0 Å². The molecule has 1 fully saturated rings. The Kier molecular flexibility index (Phi) is 5.79. The Morgan fingerprint density at radius 1 is 1.23 bits per heavy atom. The largest absolute Gasteiger partial charge is 0.337 e. The van der Waals surface area contributed by atoms with Crippen LogP contribution in [0.25, 0.3) is 0 Å². The molecule has 1 aliphatic rings. The van der Waals surface area contributed by atoms with Gasteiger partial charge in [0.2, 0.25) is 0 Å². The topological polar surface area (TPSA) is 62.3 Å². The van der Waals surface area contributed by atoms with Crippen LogP contribution < -0.4 is 5.32 Å². The summed E-state index contributed by atoms with van der Waals surface area (Å²) in [5.41, 5.74) is 0.928. The van der Waals surface area contributed by atoms with E-state index in [-0.39, 0.29) is 11.6 Å². The van der Waals surface area contributed by atoms with Gasteiger partial charge in [-0.1, -0.05) is 36.2 Å². The van der Waals surface area contributed by atoms with E-state index in [1.165, 1.54) is 12.3 Å². The number of carbonyl (C=O) groups excluding carboxylic acids is 2. The van der Waals surface area contributed by atoms with Gasteiger partial charge in [0.25, 0.3) is 11.8 Å². The van der Waals surface area contributed by atoms with Gasteiger partial charge in [0, 0.05) is 24.8 Å². The summed E-state index contributed by atoms with van der Waals surface area (Å²) >= 11 is 12.2. The summed E-state index contributed by atoms with van der Waals surface area (Å²) in [6.07, 6.45) is 3.57. The number of nitrogens with one attached hydrogen (secondary N) is 1. The molecule has 2 amide bonds. The first-order chi connectivity index (χ1) is 12.5. The first-order valence-electron chi connectivity index (χ1n) is 8.46. The number of anilines is 1. The van der Waals surface area contributed by atoms with E-state index >= 15 is 0 Å². The average Bonchev–Trinajstić information content (AvgIpc) is 2.64. The average molecular weight is 392 g/mol. The second kappa shape index (κ2) is 8.06. The third kappa shape index (κ3) is 4.17. The number of carbonyl (C=O) groups is 2. The highest BCUT2D eigenvalue weighted by Crippen LogP contribution is 2.30. The van der Waals surface area contributed by atoms with Gasteiger partial charge in [0.1, 0.15) is 5.69 Å². The fourth-order valence-corrected chi connectivity index (χ4v) is 3.52. The fourth-order valence-electron chi connectivity index (χ4n) is 3.03. The summed E-state index contributed by atoms with van der Waals surface area (Å²) in [6.45, 7) is 3.56. The number of piperidine rings is 1. The number of amides is 2. The maximum Gasteiger partial charge on any atom is 0.272 e. The maximum absolute atomic E-state index is 12.7. The molecule has 3 rings (SSSR count). The smallest absolute Gasteiger partial charge is 0.272 e. The van der Waals surface area contributed by atoms with Gasteiger partial charge in [0.15, 0.2) is 0 Å². The molecule has 1 saturated heterocycles. The van der Waals surface area contributed by atoms with Crippen molar-refractivity contribution in [1.29, 1.82) is 0 Å². The van der Waals surface area contributed by atoms with E-state index in [9.17, 15) is 9.59 Å². The number of halogens is 2. The number of benzene rings is 1. The minimum atomic E-state index is -0.400. The predicted molar refractivity (Wildman–Crippen MR) is 103 cm³/mol. The van der Waals surface area contributed by atoms with E-state index in [1.807, 2.05) is 0 Å². The first-order valence-corrected chi connectivity index (χ1v) is 9.22. The Morgan fingerprint density at radius 2 is 1.96 bits per heavy atom. The Balaban J connectivity index is 1.78. The van der Waals surface area contributed by atoms with Crippen molar-refractivity contribution in [3.8, 4) is 0 Å². The zero-order chi connectivity index (χ0) is 18.7. The molecule has 0 aliphatic carbocycles. The van der Waals surface area contributed by atoms with E-state index in [0.29, 0.717) is 33.8 Å². The lowest BCUT2D eigenvalue weighted by atomic mass is 10.00. The summed E-state index contributed by atoms with van der Waals surface area (Å²) in [5.74, 6) is -0.0769. The molecule has 136 valence electrons. The number of aromatic nitrogens is 1. The summed E-state index contributed by atoms with van der Waals surface area (Å²) < 4.78 is 0. The molecule has 0 spiro atoms. The summed E-state index contributed by atoms with van der Waals surface area (Å²) in [7, 11) is 0. The Morgan fingerprint density at radius 3 is 2.65 bits per heavy atom. The summed E-state index contributed by atoms with van der Waals surface area (Å²) in [5, 5.41) is 3.38. The van der Waals surface area contributed by atoms with E-state index in [2.05, 4.69) is 17.2 Å². The van der Waals surface area contributed by atoms with Gasteiger partial charge in [-0.3, -0.25) is 14.6 Å². The molecule has 1 aromatic heterocycles. The SMILES string of the molecule is CC1CCCN(C(=O)c2cc(C(=O)Nc3c(Cl)cccc3Cl)ccn2)C1. The van der Waals surface area contributed by atoms with E-state index in [4.69, 9.17) is 23.2 Å². The molecule has 0 saturated carbocycles. The molecule has 7 heteroatoms. The van der Waals surface area contributed by atoms with Crippen molar-refractivity contribution in [1.82, 2.24) is 9.88 Å². The van der Waals surface area contributed by atoms with E-state index in [1.54, 1.807) is 29.2 Å². The van der Waals surface area contributed by atoms with E-state index in [0.717, 1.165) is 19.4 Å². The summed E-state index contributed by atoms with van der Waals surface area (Å²) in [4.78, 5) is 31.2. The minimum absolute atomic E-state index is 0.151. The molecule has 1 aliphatic heterocycles. The van der Waals surface area contributed by atoms with Crippen molar-refractivity contribution in [2.24, 2.45) is 5.92 Å². The highest BCUT2D eigenvalue weighted by Gasteiger charge is 2.23. The van der Waals surface area contributed by atoms with Gasteiger partial charge < -0.3 is 10.2 Å². The Hall–Kier alpha value is -2.11. The lowest BCUT2D eigenvalue weighted by molar-refractivity contribution is 0.0677. The zero-order valence-electron chi connectivity index (χ0n) is 14.3. The van der Waals surface area contributed by atoms with Crippen molar-refractivity contribution in [3.05, 3.63) is 57.8 Å². The fraction of sp³-hybridized carbons (Fsp3) is 0.316. The lowest BCUT2D eigenvalue weighted by Gasteiger charge is -2.30. The molecule has 0 radical (unpaired) electrons. The van der Waals surface area contributed by atoms with Crippen molar-refractivity contribution < 1.29 is 9.59 Å². The molecule has 2 heterocycles. The second-order valence-electron chi connectivity index (χ2n) is 6.48. The van der Waals surface area contributed by atoms with E-state index < -0.39 is 5.91 Å². The lowest BCUT2D eigenvalue weighted by Crippen LogP contribution is -2.39. The van der Waals surface area contributed by atoms with Crippen molar-refractivity contribution >= 4 is 40.7 Å². The van der Waals surface area contributed by atoms with Crippen LogP contribution in [0, 0.1) is 5.92 Å². The second-order valence-corrected chi connectivity index (χ2v) is 7.29. The van der Waals surface area contributed by atoms with Gasteiger partial charge in [-0.25, -0.2) is 0 Å². The molecule has 5 nitrogen and oxygen atoms in total. The monoisotopic (exact) mass is 391 g/mol. The van der Waals surface area contributed by atoms with Crippen molar-refractivity contribution in [2.45, 2.75) is 19.8 Å². The number of nitrogens with zero attached hydrogens (tertiary/aromatic N) is 2. The summed E-state index contributed by atoms with van der Waals surface area (Å²) in [6, 6.07) is 8.03. The van der Waals surface area contributed by atoms with Crippen molar-refractivity contribution in [3.63, 3.8) is 0 Å². The number of rotatable bonds is 3. The van der Waals surface area contributed by atoms with Gasteiger partial charge in [-0.2, -0.15) is 0 Å². The number of hydrogen-bond acceptors (Lipinski definition) is 3. The van der Waals surface area contributed by atoms with Crippen molar-refractivity contribution in [2.75, 3.05) is 18.4 Å². The third-order valence-corrected chi connectivity index (χ3v) is 5.02. The first kappa shape index (κ1) is 18.7. The highest BCUT2D eigenvalue weighted by molar-refractivity contribution is 6.40. The molecular formula is C19H19Cl2N3O2. The van der Waals surface area contributed by atoms with Gasteiger partial charge in [-0.05, 0) is 43.0 Å². The van der Waals surface area contributed by atoms with Crippen LogP contribution in [-0.4, -0.2) is 34.8 Å². The van der Waals surface area contributed by atoms with Gasteiger partial charge >= 0.3 is 0 Å². The predicted octanol–water partition coefficient (Wildman–Crippen LogP) is 4.51. The normalized spacial score (nSPS) is 17.0. The molecular weight excluding hydrogens is 373 g/mol. The maximum atomic E-state index is 12.7. The highest BCUT2D eigenvalue weighted by atomic mass is 35.5. The molecule has 1 N–H and O–H groups in total. The zero-order valence-corrected chi connectivity index (χ0v) is 15.8. The Bertz CT molecular complexity index is 821. The standard InChI is InChI=1S/C19H19Cl2N3O2/c1-12-4-3-9-24(11-12)19(26)16-10-13(7-8-22-16)18(25)23-17-14(20)5-2-6-15(17)21/h2,5-8,10,12H,3-4,9,11H2,1H3,(H,23,25). The number of para-hydroxylation sites is 1. The molecule has 2 aromatic rings. The van der Waals surface area contributed by atoms with Gasteiger partial charge in [-0.15, -0.1) is 0 Å². The van der Waals surface area contributed by atoms with Crippen LogP contribution >= 0.6 is 23.2 Å². The Labute approximate surface area is 162 Å². The molecule has 1 unspecified atom stereocenters. The van der Waals surface area contributed by atoms with Crippen LogP contribution in [0.2, 0.25) is 10.0 Å². The molecule has 26 heavy (non-hydrogen) atoms. The molecule has 1 atom stereocenters. The minimum Gasteiger partial charge on any atom is -0.337 e. The quantitative estimate of drug-likeness (QED) is 0.836. The van der Waals surface area contributed by atoms with Crippen LogP contribution in [0.3, 0.4) is 0 Å². The van der Waals surface area contributed by atoms with Crippen LogP contribution in [0.1, 0.15) is 40.6 Å². The van der Waals surface area contributed by atoms with Crippen LogP contribution in [-0.2, 0) is 0 Å². The van der Waals surface area contributed by atoms with Crippen LogP contribution in [0.4, 0.5) is 5.69 Å². The number of likely N-dealkylation sites (tertiary alicyclic amines) is 1. The number of pyridine rings is 1. The third-order valence-electron chi connectivity index (χ3n) is 4.39. The molecule has 1 aromatic carbocycles. The van der Waals surface area contributed by atoms with Gasteiger partial charge in [0.05, 0.1) is 15.7 Å². The number of hydrogen-bond donors (Lipinski definition) is 1. The molecule has 0 bridgehead atoms.